The smallest absolute Gasteiger partial charge is 0.317 e. The van der Waals surface area contributed by atoms with Crippen molar-refractivity contribution in [1.82, 2.24) is 15.1 Å². The Hall–Kier alpha value is -1.28. The molecule has 0 aromatic carbocycles. The van der Waals surface area contributed by atoms with E-state index in [0.29, 0.717) is 39.1 Å². The standard InChI is InChI=1S/C12H19N3O4S/c1-19-7-4-13-11(17)14-5-2-9(3-6-14)15-10(16)8-20-12(15)18/h9H,2-8H2,1H3,(H,13,17). The lowest BCUT2D eigenvalue weighted by Gasteiger charge is -2.35. The molecule has 0 aliphatic carbocycles. The van der Waals surface area contributed by atoms with Gasteiger partial charge in [0, 0.05) is 32.8 Å². The van der Waals surface area contributed by atoms with Crippen LogP contribution in [0.5, 0.6) is 0 Å². The Bertz CT molecular complexity index is 380. The molecule has 0 aromatic rings. The lowest BCUT2D eigenvalue weighted by molar-refractivity contribution is -0.126. The van der Waals surface area contributed by atoms with Crippen LogP contribution in [-0.2, 0) is 9.53 Å². The number of ether oxygens (including phenoxy) is 1. The highest BCUT2D eigenvalue weighted by molar-refractivity contribution is 8.14. The summed E-state index contributed by atoms with van der Waals surface area (Å²) in [6.45, 7) is 2.08. The molecule has 7 nitrogen and oxygen atoms in total. The van der Waals surface area contributed by atoms with E-state index >= 15 is 0 Å². The van der Waals surface area contributed by atoms with Gasteiger partial charge in [-0.05, 0) is 12.8 Å². The summed E-state index contributed by atoms with van der Waals surface area (Å²) in [5, 5.41) is 2.61. The highest BCUT2D eigenvalue weighted by Gasteiger charge is 2.37. The van der Waals surface area contributed by atoms with E-state index in [4.69, 9.17) is 4.74 Å². The largest absolute Gasteiger partial charge is 0.383 e. The van der Waals surface area contributed by atoms with Gasteiger partial charge in [-0.15, -0.1) is 0 Å². The number of rotatable bonds is 4. The molecule has 0 unspecified atom stereocenters. The number of thioether (sulfide) groups is 1. The lowest BCUT2D eigenvalue weighted by atomic mass is 10.0. The molecular weight excluding hydrogens is 282 g/mol. The molecule has 0 saturated carbocycles. The molecule has 0 bridgehead atoms. The topological polar surface area (TPSA) is 79.0 Å². The maximum absolute atomic E-state index is 11.8. The average Bonchev–Trinajstić information content (AvgIpc) is 2.78. The van der Waals surface area contributed by atoms with E-state index in [1.165, 1.54) is 4.90 Å². The van der Waals surface area contributed by atoms with E-state index in [1.54, 1.807) is 12.0 Å². The Labute approximate surface area is 122 Å². The first kappa shape index (κ1) is 15.1. The Morgan fingerprint density at radius 2 is 2.10 bits per heavy atom. The summed E-state index contributed by atoms with van der Waals surface area (Å²) in [4.78, 5) is 38.2. The molecule has 0 atom stereocenters. The molecule has 2 aliphatic heterocycles. The molecule has 4 amide bonds. The van der Waals surface area contributed by atoms with Crippen molar-refractivity contribution in [2.75, 3.05) is 39.1 Å². The number of carbonyl (C=O) groups excluding carboxylic acids is 3. The van der Waals surface area contributed by atoms with Gasteiger partial charge in [-0.3, -0.25) is 14.5 Å². The van der Waals surface area contributed by atoms with Crippen LogP contribution in [0.1, 0.15) is 12.8 Å². The van der Waals surface area contributed by atoms with Gasteiger partial charge >= 0.3 is 6.03 Å². The minimum absolute atomic E-state index is 0.0620. The van der Waals surface area contributed by atoms with Gasteiger partial charge in [0.15, 0.2) is 0 Å². The number of methoxy groups -OCH3 is 1. The molecule has 2 saturated heterocycles. The molecule has 0 spiro atoms. The molecule has 0 aromatic heterocycles. The fourth-order valence-corrected chi connectivity index (χ4v) is 3.19. The highest BCUT2D eigenvalue weighted by atomic mass is 32.2. The summed E-state index contributed by atoms with van der Waals surface area (Å²) < 4.78 is 4.87. The van der Waals surface area contributed by atoms with E-state index in [1.807, 2.05) is 0 Å². The van der Waals surface area contributed by atoms with E-state index in [2.05, 4.69) is 5.32 Å². The molecule has 20 heavy (non-hydrogen) atoms. The van der Waals surface area contributed by atoms with Crippen molar-refractivity contribution in [2.45, 2.75) is 18.9 Å². The first-order chi connectivity index (χ1) is 9.63. The zero-order chi connectivity index (χ0) is 14.5. The SMILES string of the molecule is COCCNC(=O)N1CCC(N2C(=O)CSC2=O)CC1. The number of likely N-dealkylation sites (tertiary alicyclic amines) is 1. The van der Waals surface area contributed by atoms with Crippen LogP contribution in [0.25, 0.3) is 0 Å². The molecule has 2 fully saturated rings. The summed E-state index contributed by atoms with van der Waals surface area (Å²) >= 11 is 1.06. The predicted octanol–water partition coefficient (Wildman–Crippen LogP) is 0.502. The first-order valence-corrected chi connectivity index (χ1v) is 7.62. The number of nitrogens with zero attached hydrogens (tertiary/aromatic N) is 2. The maximum Gasteiger partial charge on any atom is 0.317 e. The molecular formula is C12H19N3O4S. The van der Waals surface area contributed by atoms with Gasteiger partial charge in [-0.1, -0.05) is 11.8 Å². The van der Waals surface area contributed by atoms with Gasteiger partial charge in [0.25, 0.3) is 5.24 Å². The number of hydrogen-bond acceptors (Lipinski definition) is 5. The van der Waals surface area contributed by atoms with Crippen molar-refractivity contribution in [2.24, 2.45) is 0 Å². The van der Waals surface area contributed by atoms with Crippen LogP contribution in [0.15, 0.2) is 0 Å². The Balaban J connectivity index is 1.79. The second kappa shape index (κ2) is 6.94. The van der Waals surface area contributed by atoms with Gasteiger partial charge in [0.05, 0.1) is 12.4 Å². The van der Waals surface area contributed by atoms with Gasteiger partial charge < -0.3 is 15.0 Å². The molecule has 2 rings (SSSR count). The fraction of sp³-hybridized carbons (Fsp3) is 0.750. The number of amides is 4. The molecule has 2 heterocycles. The third-order valence-corrected chi connectivity index (χ3v) is 4.32. The lowest BCUT2D eigenvalue weighted by Crippen LogP contribution is -2.50. The second-order valence-corrected chi connectivity index (χ2v) is 5.69. The van der Waals surface area contributed by atoms with Crippen molar-refractivity contribution in [3.8, 4) is 0 Å². The van der Waals surface area contributed by atoms with E-state index in [-0.39, 0.29) is 29.0 Å². The van der Waals surface area contributed by atoms with Crippen LogP contribution in [0, 0.1) is 0 Å². The van der Waals surface area contributed by atoms with Gasteiger partial charge in [0.2, 0.25) is 5.91 Å². The van der Waals surface area contributed by atoms with E-state index in [9.17, 15) is 14.4 Å². The van der Waals surface area contributed by atoms with Crippen molar-refractivity contribution in [3.05, 3.63) is 0 Å². The summed E-state index contributed by atoms with van der Waals surface area (Å²) in [6.07, 6.45) is 1.30. The van der Waals surface area contributed by atoms with Crippen molar-refractivity contribution >= 4 is 28.9 Å². The minimum Gasteiger partial charge on any atom is -0.383 e. The maximum atomic E-state index is 11.8. The highest BCUT2D eigenvalue weighted by Crippen LogP contribution is 2.26. The van der Waals surface area contributed by atoms with Crippen molar-refractivity contribution < 1.29 is 19.1 Å². The number of piperidine rings is 1. The number of imide groups is 1. The number of nitrogens with one attached hydrogen (secondary N) is 1. The number of carbonyl (C=O) groups is 3. The van der Waals surface area contributed by atoms with E-state index in [0.717, 1.165) is 11.8 Å². The van der Waals surface area contributed by atoms with Crippen LogP contribution in [0.2, 0.25) is 0 Å². The third kappa shape index (κ3) is 3.43. The van der Waals surface area contributed by atoms with Gasteiger partial charge in [0.1, 0.15) is 0 Å². The molecule has 2 aliphatic rings. The van der Waals surface area contributed by atoms with Crippen LogP contribution < -0.4 is 5.32 Å². The molecule has 0 radical (unpaired) electrons. The molecule has 8 heteroatoms. The normalized spacial score (nSPS) is 20.6. The third-order valence-electron chi connectivity index (χ3n) is 3.48. The molecule has 1 N–H and O–H groups in total. The summed E-state index contributed by atoms with van der Waals surface area (Å²) in [7, 11) is 1.58. The van der Waals surface area contributed by atoms with E-state index < -0.39 is 0 Å². The zero-order valence-corrected chi connectivity index (χ0v) is 12.3. The van der Waals surface area contributed by atoms with Crippen LogP contribution in [-0.4, -0.2) is 72.1 Å². The Morgan fingerprint density at radius 1 is 1.40 bits per heavy atom. The quantitative estimate of drug-likeness (QED) is 0.765. The van der Waals surface area contributed by atoms with Crippen molar-refractivity contribution in [1.29, 1.82) is 0 Å². The Morgan fingerprint density at radius 3 is 2.65 bits per heavy atom. The van der Waals surface area contributed by atoms with Gasteiger partial charge in [-0.25, -0.2) is 4.79 Å². The second-order valence-electron chi connectivity index (χ2n) is 4.76. The minimum atomic E-state index is -0.155. The van der Waals surface area contributed by atoms with Crippen LogP contribution >= 0.6 is 11.8 Å². The van der Waals surface area contributed by atoms with Crippen LogP contribution in [0.3, 0.4) is 0 Å². The Kier molecular flexibility index (Phi) is 5.24. The van der Waals surface area contributed by atoms with Gasteiger partial charge in [-0.2, -0.15) is 0 Å². The fourth-order valence-electron chi connectivity index (χ4n) is 2.42. The average molecular weight is 301 g/mol. The summed E-state index contributed by atoms with van der Waals surface area (Å²) in [5.41, 5.74) is 0. The first-order valence-electron chi connectivity index (χ1n) is 6.64. The van der Waals surface area contributed by atoms with Crippen LogP contribution in [0.4, 0.5) is 9.59 Å². The predicted molar refractivity (Wildman–Crippen MR) is 74.6 cm³/mol. The zero-order valence-electron chi connectivity index (χ0n) is 11.5. The molecule has 112 valence electrons. The summed E-state index contributed by atoms with van der Waals surface area (Å²) in [5.74, 6) is 0.138. The number of hydrogen-bond donors (Lipinski definition) is 1. The van der Waals surface area contributed by atoms with Crippen molar-refractivity contribution in [3.63, 3.8) is 0 Å². The monoisotopic (exact) mass is 301 g/mol. The summed E-state index contributed by atoms with van der Waals surface area (Å²) in [6, 6.07) is -0.179. The number of urea groups is 1.